The first kappa shape index (κ1) is 9.53. The van der Waals surface area contributed by atoms with E-state index in [4.69, 9.17) is 5.11 Å². The first-order chi connectivity index (χ1) is 5.88. The first-order valence-electron chi connectivity index (χ1n) is 3.81. The Balaban J connectivity index is 2.74. The van der Waals surface area contributed by atoms with Gasteiger partial charge in [0.05, 0.1) is 0 Å². The van der Waals surface area contributed by atoms with Crippen LogP contribution in [0.1, 0.15) is 5.56 Å². The number of aliphatic hydroxyl groups is 1. The van der Waals surface area contributed by atoms with Crippen LogP contribution in [0.3, 0.4) is 0 Å². The zero-order chi connectivity index (χ0) is 8.81. The van der Waals surface area contributed by atoms with E-state index in [9.17, 15) is 0 Å². The first-order valence-corrected chi connectivity index (χ1v) is 5.87. The van der Waals surface area contributed by atoms with Crippen LogP contribution < -0.4 is 4.46 Å². The summed E-state index contributed by atoms with van der Waals surface area (Å²) in [6.07, 6.45) is 1.92. The SMILES string of the molecule is C=CC[Se]c1ccccc1CO. The Labute approximate surface area is 79.3 Å². The van der Waals surface area contributed by atoms with Gasteiger partial charge in [-0.2, -0.15) is 0 Å². The molecule has 0 saturated heterocycles. The number of rotatable bonds is 4. The van der Waals surface area contributed by atoms with Crippen molar-refractivity contribution in [3.63, 3.8) is 0 Å². The molecule has 0 unspecified atom stereocenters. The van der Waals surface area contributed by atoms with Crippen molar-refractivity contribution in [2.75, 3.05) is 0 Å². The van der Waals surface area contributed by atoms with Crippen LogP contribution in [0.5, 0.6) is 0 Å². The Kier molecular flexibility index (Phi) is 4.09. The molecule has 64 valence electrons. The molecule has 0 saturated carbocycles. The van der Waals surface area contributed by atoms with Crippen LogP contribution in [0.2, 0.25) is 5.32 Å². The summed E-state index contributed by atoms with van der Waals surface area (Å²) in [5.74, 6) is 0. The van der Waals surface area contributed by atoms with E-state index in [0.29, 0.717) is 15.0 Å². The molecule has 0 bridgehead atoms. The average Bonchev–Trinajstić information content (AvgIpc) is 2.15. The van der Waals surface area contributed by atoms with E-state index in [0.717, 1.165) is 10.9 Å². The fourth-order valence-electron chi connectivity index (χ4n) is 0.924. The van der Waals surface area contributed by atoms with Crippen molar-refractivity contribution in [1.82, 2.24) is 0 Å². The second-order valence-corrected chi connectivity index (χ2v) is 4.59. The summed E-state index contributed by atoms with van der Waals surface area (Å²) in [6, 6.07) is 8.02. The van der Waals surface area contributed by atoms with E-state index < -0.39 is 0 Å². The minimum absolute atomic E-state index is 0.148. The molecule has 1 rings (SSSR count). The maximum absolute atomic E-state index is 9.00. The molecule has 12 heavy (non-hydrogen) atoms. The molecule has 0 aliphatic heterocycles. The molecule has 1 nitrogen and oxygen atoms in total. The molecule has 0 spiro atoms. The molecule has 0 aromatic heterocycles. The van der Waals surface area contributed by atoms with E-state index in [-0.39, 0.29) is 6.61 Å². The average molecular weight is 227 g/mol. The summed E-state index contributed by atoms with van der Waals surface area (Å²) in [6.45, 7) is 3.83. The molecule has 2 heteroatoms. The number of aliphatic hydroxyl groups excluding tert-OH is 1. The predicted octanol–water partition coefficient (Wildman–Crippen LogP) is 1.11. The maximum atomic E-state index is 9.00. The normalized spacial score (nSPS) is 9.75. The van der Waals surface area contributed by atoms with E-state index in [1.807, 2.05) is 24.3 Å². The van der Waals surface area contributed by atoms with Crippen molar-refractivity contribution in [3.8, 4) is 0 Å². The quantitative estimate of drug-likeness (QED) is 0.603. The Morgan fingerprint density at radius 2 is 2.17 bits per heavy atom. The van der Waals surface area contributed by atoms with Gasteiger partial charge < -0.3 is 0 Å². The van der Waals surface area contributed by atoms with Crippen LogP contribution in [-0.2, 0) is 6.61 Å². The Hall–Kier alpha value is -0.561. The van der Waals surface area contributed by atoms with Crippen molar-refractivity contribution in [1.29, 1.82) is 0 Å². The van der Waals surface area contributed by atoms with Gasteiger partial charge in [-0.05, 0) is 0 Å². The zero-order valence-electron chi connectivity index (χ0n) is 6.86. The molecule has 0 atom stereocenters. The van der Waals surface area contributed by atoms with Gasteiger partial charge in [0.2, 0.25) is 0 Å². The van der Waals surface area contributed by atoms with Crippen molar-refractivity contribution in [2.45, 2.75) is 11.9 Å². The van der Waals surface area contributed by atoms with Crippen LogP contribution in [0, 0.1) is 0 Å². The number of hydrogen-bond donors (Lipinski definition) is 1. The summed E-state index contributed by atoms with van der Waals surface area (Å²) in [5, 5.41) is 10.0. The van der Waals surface area contributed by atoms with Crippen LogP contribution in [0.4, 0.5) is 0 Å². The van der Waals surface area contributed by atoms with Crippen LogP contribution in [0.25, 0.3) is 0 Å². The molecule has 1 aromatic carbocycles. The molecule has 0 heterocycles. The monoisotopic (exact) mass is 228 g/mol. The number of allylic oxidation sites excluding steroid dienone is 1. The molecule has 1 N–H and O–H groups in total. The summed E-state index contributed by atoms with van der Waals surface area (Å²) in [7, 11) is 0. The Morgan fingerprint density at radius 1 is 1.42 bits per heavy atom. The molecular weight excluding hydrogens is 215 g/mol. The third kappa shape index (κ3) is 2.49. The molecule has 0 amide bonds. The number of hydrogen-bond acceptors (Lipinski definition) is 1. The van der Waals surface area contributed by atoms with Crippen LogP contribution >= 0.6 is 0 Å². The zero-order valence-corrected chi connectivity index (χ0v) is 8.58. The summed E-state index contributed by atoms with van der Waals surface area (Å²) in [4.78, 5) is 0. The minimum atomic E-state index is 0.148. The summed E-state index contributed by atoms with van der Waals surface area (Å²) >= 11 is 0.432. The van der Waals surface area contributed by atoms with Gasteiger partial charge in [-0.3, -0.25) is 0 Å². The second-order valence-electron chi connectivity index (χ2n) is 2.37. The van der Waals surface area contributed by atoms with E-state index in [1.165, 1.54) is 4.46 Å². The third-order valence-electron chi connectivity index (χ3n) is 1.50. The Bertz CT molecular complexity index is 258. The van der Waals surface area contributed by atoms with Gasteiger partial charge in [-0.15, -0.1) is 0 Å². The predicted molar refractivity (Wildman–Crippen MR) is 52.8 cm³/mol. The summed E-state index contributed by atoms with van der Waals surface area (Å²) < 4.78 is 1.28. The molecule has 0 fully saturated rings. The van der Waals surface area contributed by atoms with E-state index >= 15 is 0 Å². The molecule has 1 aromatic rings. The van der Waals surface area contributed by atoms with Crippen molar-refractivity contribution >= 4 is 19.4 Å². The van der Waals surface area contributed by atoms with Gasteiger partial charge in [0.1, 0.15) is 0 Å². The van der Waals surface area contributed by atoms with Crippen molar-refractivity contribution < 1.29 is 5.11 Å². The van der Waals surface area contributed by atoms with E-state index in [2.05, 4.69) is 12.6 Å². The van der Waals surface area contributed by atoms with Crippen LogP contribution in [-0.4, -0.2) is 20.1 Å². The number of benzene rings is 1. The van der Waals surface area contributed by atoms with Gasteiger partial charge in [-0.25, -0.2) is 0 Å². The van der Waals surface area contributed by atoms with E-state index in [1.54, 1.807) is 0 Å². The fourth-order valence-corrected chi connectivity index (χ4v) is 2.58. The Morgan fingerprint density at radius 3 is 2.83 bits per heavy atom. The fraction of sp³-hybridized carbons (Fsp3) is 0.200. The van der Waals surface area contributed by atoms with Gasteiger partial charge in [-0.1, -0.05) is 0 Å². The second kappa shape index (κ2) is 5.15. The van der Waals surface area contributed by atoms with Gasteiger partial charge >= 0.3 is 78.9 Å². The van der Waals surface area contributed by atoms with Crippen LogP contribution in [0.15, 0.2) is 36.9 Å². The van der Waals surface area contributed by atoms with Crippen molar-refractivity contribution in [2.24, 2.45) is 0 Å². The molecular formula is C10H12OSe. The van der Waals surface area contributed by atoms with Crippen molar-refractivity contribution in [3.05, 3.63) is 42.5 Å². The third-order valence-corrected chi connectivity index (χ3v) is 3.83. The van der Waals surface area contributed by atoms with Gasteiger partial charge in [0, 0.05) is 0 Å². The molecule has 0 aliphatic carbocycles. The van der Waals surface area contributed by atoms with Gasteiger partial charge in [0.25, 0.3) is 0 Å². The topological polar surface area (TPSA) is 20.2 Å². The summed E-state index contributed by atoms with van der Waals surface area (Å²) in [5.41, 5.74) is 1.05. The molecule has 0 aliphatic rings. The van der Waals surface area contributed by atoms with Gasteiger partial charge in [0.15, 0.2) is 0 Å². The standard InChI is InChI=1S/C10H12OSe/c1-2-7-12-10-6-4-3-5-9(10)8-11/h2-6,11H,1,7-8H2. The molecule has 0 radical (unpaired) electrons.